The number of urea groups is 1. The van der Waals surface area contributed by atoms with Gasteiger partial charge in [0.25, 0.3) is 0 Å². The van der Waals surface area contributed by atoms with Crippen molar-refractivity contribution in [1.29, 1.82) is 0 Å². The molecule has 19 heavy (non-hydrogen) atoms. The second-order valence-electron chi connectivity index (χ2n) is 4.78. The number of hydrogen-bond acceptors (Lipinski definition) is 4. The number of aliphatic carboxylic acids is 1. The Morgan fingerprint density at radius 2 is 2.16 bits per heavy atom. The van der Waals surface area contributed by atoms with E-state index in [0.29, 0.717) is 24.8 Å². The predicted molar refractivity (Wildman–Crippen MR) is 76.6 cm³/mol. The largest absolute Gasteiger partial charge is 0.480 e. The van der Waals surface area contributed by atoms with Crippen LogP contribution in [0.3, 0.4) is 0 Å². The van der Waals surface area contributed by atoms with E-state index in [-0.39, 0.29) is 0 Å². The van der Waals surface area contributed by atoms with E-state index in [0.717, 1.165) is 6.54 Å². The van der Waals surface area contributed by atoms with Crippen LogP contribution < -0.4 is 10.6 Å². The van der Waals surface area contributed by atoms with Gasteiger partial charge in [0.2, 0.25) is 0 Å². The molecule has 0 saturated heterocycles. The predicted octanol–water partition coefficient (Wildman–Crippen LogP) is 0.586. The zero-order valence-corrected chi connectivity index (χ0v) is 12.3. The number of amides is 2. The Balaban J connectivity index is 2.17. The van der Waals surface area contributed by atoms with Crippen molar-refractivity contribution in [2.75, 3.05) is 32.1 Å². The molecule has 0 aromatic carbocycles. The zero-order valence-electron chi connectivity index (χ0n) is 11.5. The molecule has 3 N–H and O–H groups in total. The second-order valence-corrected chi connectivity index (χ2v) is 5.77. The van der Waals surface area contributed by atoms with Crippen molar-refractivity contribution in [1.82, 2.24) is 15.5 Å². The minimum Gasteiger partial charge on any atom is -0.480 e. The first-order chi connectivity index (χ1) is 9.04. The second kappa shape index (κ2) is 8.27. The standard InChI is InChI=1S/C12H23N3O3S/c1-15(9-3-4-9)7-6-13-12(18)14-10(11(16)17)5-8-19-2/h9-10H,3-8H2,1-2H3,(H,16,17)(H2,13,14,18). The lowest BCUT2D eigenvalue weighted by atomic mass is 10.2. The van der Waals surface area contributed by atoms with Crippen LogP contribution >= 0.6 is 11.8 Å². The highest BCUT2D eigenvalue weighted by Gasteiger charge is 2.25. The molecule has 0 aromatic rings. The molecule has 0 spiro atoms. The van der Waals surface area contributed by atoms with Crippen LogP contribution in [0.25, 0.3) is 0 Å². The van der Waals surface area contributed by atoms with Gasteiger partial charge in [-0.05, 0) is 38.3 Å². The third-order valence-electron chi connectivity index (χ3n) is 3.13. The van der Waals surface area contributed by atoms with Crippen LogP contribution in [0, 0.1) is 0 Å². The highest BCUT2D eigenvalue weighted by molar-refractivity contribution is 7.98. The normalized spacial score (nSPS) is 16.2. The number of likely N-dealkylation sites (N-methyl/N-ethyl adjacent to an activating group) is 1. The molecular formula is C12H23N3O3S. The fraction of sp³-hybridized carbons (Fsp3) is 0.833. The first-order valence-corrected chi connectivity index (χ1v) is 7.90. The molecule has 1 saturated carbocycles. The Morgan fingerprint density at radius 1 is 1.47 bits per heavy atom. The number of carbonyl (C=O) groups excluding carboxylic acids is 1. The summed E-state index contributed by atoms with van der Waals surface area (Å²) in [5, 5.41) is 14.2. The molecule has 110 valence electrons. The van der Waals surface area contributed by atoms with Gasteiger partial charge in [-0.2, -0.15) is 11.8 Å². The van der Waals surface area contributed by atoms with Crippen LogP contribution in [-0.2, 0) is 4.79 Å². The van der Waals surface area contributed by atoms with E-state index < -0.39 is 18.0 Å². The van der Waals surface area contributed by atoms with E-state index in [9.17, 15) is 9.59 Å². The molecule has 0 heterocycles. The molecule has 1 rings (SSSR count). The molecule has 0 radical (unpaired) electrons. The van der Waals surface area contributed by atoms with Crippen LogP contribution in [0.2, 0.25) is 0 Å². The minimum atomic E-state index is -0.987. The van der Waals surface area contributed by atoms with Crippen molar-refractivity contribution in [3.63, 3.8) is 0 Å². The highest BCUT2D eigenvalue weighted by Crippen LogP contribution is 2.24. The number of carbonyl (C=O) groups is 2. The molecule has 7 heteroatoms. The lowest BCUT2D eigenvalue weighted by Gasteiger charge is -2.17. The first-order valence-electron chi connectivity index (χ1n) is 6.51. The van der Waals surface area contributed by atoms with Gasteiger partial charge in [-0.3, -0.25) is 0 Å². The molecule has 1 unspecified atom stereocenters. The maximum atomic E-state index is 11.6. The number of carboxylic acids is 1. The van der Waals surface area contributed by atoms with Gasteiger partial charge >= 0.3 is 12.0 Å². The molecule has 0 bridgehead atoms. The topological polar surface area (TPSA) is 81.7 Å². The quantitative estimate of drug-likeness (QED) is 0.579. The van der Waals surface area contributed by atoms with Crippen molar-refractivity contribution >= 4 is 23.8 Å². The van der Waals surface area contributed by atoms with Crippen LogP contribution in [0.5, 0.6) is 0 Å². The number of nitrogens with zero attached hydrogens (tertiary/aromatic N) is 1. The summed E-state index contributed by atoms with van der Waals surface area (Å²) in [6, 6.07) is -0.551. The highest BCUT2D eigenvalue weighted by atomic mass is 32.2. The van der Waals surface area contributed by atoms with Gasteiger partial charge in [-0.25, -0.2) is 9.59 Å². The molecule has 1 aliphatic rings. The summed E-state index contributed by atoms with van der Waals surface area (Å²) in [5.74, 6) is -0.277. The third-order valence-corrected chi connectivity index (χ3v) is 3.78. The van der Waals surface area contributed by atoms with E-state index in [2.05, 4.69) is 15.5 Å². The number of thioether (sulfide) groups is 1. The maximum Gasteiger partial charge on any atom is 0.326 e. The van der Waals surface area contributed by atoms with E-state index in [4.69, 9.17) is 5.11 Å². The van der Waals surface area contributed by atoms with Gasteiger partial charge in [-0.15, -0.1) is 0 Å². The average Bonchev–Trinajstić information content (AvgIpc) is 3.18. The van der Waals surface area contributed by atoms with E-state index >= 15 is 0 Å². The molecule has 1 fully saturated rings. The Labute approximate surface area is 118 Å². The van der Waals surface area contributed by atoms with E-state index in [1.54, 1.807) is 11.8 Å². The van der Waals surface area contributed by atoms with Gasteiger partial charge in [0.05, 0.1) is 0 Å². The summed E-state index contributed by atoms with van der Waals surface area (Å²) in [7, 11) is 2.04. The first kappa shape index (κ1) is 16.1. The Hall–Kier alpha value is -0.950. The average molecular weight is 289 g/mol. The SMILES string of the molecule is CSCCC(NC(=O)NCCN(C)C1CC1)C(=O)O. The fourth-order valence-electron chi connectivity index (χ4n) is 1.75. The van der Waals surface area contributed by atoms with Crippen molar-refractivity contribution in [2.45, 2.75) is 31.3 Å². The van der Waals surface area contributed by atoms with Gasteiger partial charge in [0.1, 0.15) is 6.04 Å². The van der Waals surface area contributed by atoms with Crippen LogP contribution in [0.4, 0.5) is 4.79 Å². The summed E-state index contributed by atoms with van der Waals surface area (Å²) in [6.07, 6.45) is 4.82. The Kier molecular flexibility index (Phi) is 7.01. The molecule has 0 aromatic heterocycles. The molecular weight excluding hydrogens is 266 g/mol. The van der Waals surface area contributed by atoms with Crippen molar-refractivity contribution < 1.29 is 14.7 Å². The summed E-state index contributed by atoms with van der Waals surface area (Å²) in [6.45, 7) is 1.33. The summed E-state index contributed by atoms with van der Waals surface area (Å²) < 4.78 is 0. The minimum absolute atomic E-state index is 0.405. The molecule has 1 atom stereocenters. The molecule has 2 amide bonds. The van der Waals surface area contributed by atoms with Crippen molar-refractivity contribution in [3.8, 4) is 0 Å². The summed E-state index contributed by atoms with van der Waals surface area (Å²) in [4.78, 5) is 24.7. The smallest absolute Gasteiger partial charge is 0.326 e. The molecule has 6 nitrogen and oxygen atoms in total. The number of nitrogens with one attached hydrogen (secondary N) is 2. The maximum absolute atomic E-state index is 11.6. The number of carboxylic acid groups (broad SMARTS) is 1. The van der Waals surface area contributed by atoms with E-state index in [1.807, 2.05) is 13.3 Å². The monoisotopic (exact) mass is 289 g/mol. The van der Waals surface area contributed by atoms with Gasteiger partial charge in [0, 0.05) is 19.1 Å². The zero-order chi connectivity index (χ0) is 14.3. The number of rotatable bonds is 9. The van der Waals surface area contributed by atoms with E-state index in [1.165, 1.54) is 12.8 Å². The molecule has 1 aliphatic carbocycles. The fourth-order valence-corrected chi connectivity index (χ4v) is 2.22. The van der Waals surface area contributed by atoms with Crippen molar-refractivity contribution in [3.05, 3.63) is 0 Å². The molecule has 0 aliphatic heterocycles. The van der Waals surface area contributed by atoms with Crippen LogP contribution in [0.1, 0.15) is 19.3 Å². The van der Waals surface area contributed by atoms with Crippen LogP contribution in [-0.4, -0.2) is 66.2 Å². The lowest BCUT2D eigenvalue weighted by molar-refractivity contribution is -0.139. The third kappa shape index (κ3) is 6.68. The summed E-state index contributed by atoms with van der Waals surface area (Å²) >= 11 is 1.56. The van der Waals surface area contributed by atoms with Gasteiger partial charge in [-0.1, -0.05) is 0 Å². The van der Waals surface area contributed by atoms with Gasteiger partial charge in [0.15, 0.2) is 0 Å². The lowest BCUT2D eigenvalue weighted by Crippen LogP contribution is -2.47. The summed E-state index contributed by atoms with van der Waals surface area (Å²) in [5.41, 5.74) is 0. The Morgan fingerprint density at radius 3 is 2.68 bits per heavy atom. The van der Waals surface area contributed by atoms with Crippen LogP contribution in [0.15, 0.2) is 0 Å². The van der Waals surface area contributed by atoms with Gasteiger partial charge < -0.3 is 20.6 Å². The Bertz CT molecular complexity index is 311. The number of hydrogen-bond donors (Lipinski definition) is 3. The van der Waals surface area contributed by atoms with Crippen molar-refractivity contribution in [2.24, 2.45) is 0 Å².